The molecule has 0 fully saturated rings. The van der Waals surface area contributed by atoms with Crippen LogP contribution >= 0.6 is 0 Å². The van der Waals surface area contributed by atoms with Crippen molar-refractivity contribution in [2.45, 2.75) is 39.2 Å². The van der Waals surface area contributed by atoms with E-state index in [1.165, 1.54) is 13.0 Å². The molecular formula is C9H16O2. The van der Waals surface area contributed by atoms with Crippen molar-refractivity contribution in [1.29, 1.82) is 0 Å². The number of rotatable bonds is 5. The number of carbonyl (C=O) groups is 1. The number of ketones is 1. The molecule has 11 heavy (non-hydrogen) atoms. The smallest absolute Gasteiger partial charge is 0.183 e. The molecule has 0 aliphatic carbocycles. The summed E-state index contributed by atoms with van der Waals surface area (Å²) in [6, 6.07) is 0. The lowest BCUT2D eigenvalue weighted by Crippen LogP contribution is -2.12. The molecule has 1 atom stereocenters. The molecule has 1 N–H and O–H groups in total. The first-order chi connectivity index (χ1) is 5.18. The van der Waals surface area contributed by atoms with Gasteiger partial charge in [-0.05, 0) is 19.4 Å². The van der Waals surface area contributed by atoms with Crippen molar-refractivity contribution in [1.82, 2.24) is 0 Å². The topological polar surface area (TPSA) is 37.3 Å². The van der Waals surface area contributed by atoms with Crippen LogP contribution in [0.3, 0.4) is 0 Å². The average Bonchev–Trinajstić information content (AvgIpc) is 1.97. The number of carbonyl (C=O) groups excluding carboxylic acids is 1. The van der Waals surface area contributed by atoms with Crippen LogP contribution in [0.15, 0.2) is 12.2 Å². The van der Waals surface area contributed by atoms with Crippen molar-refractivity contribution in [3.8, 4) is 0 Å². The third-order valence-corrected chi connectivity index (χ3v) is 1.42. The Morgan fingerprint density at radius 3 is 2.73 bits per heavy atom. The molecule has 0 aromatic rings. The van der Waals surface area contributed by atoms with Crippen LogP contribution in [-0.4, -0.2) is 17.0 Å². The van der Waals surface area contributed by atoms with Gasteiger partial charge < -0.3 is 5.11 Å². The van der Waals surface area contributed by atoms with Crippen LogP contribution in [-0.2, 0) is 4.79 Å². The molecule has 0 aromatic heterocycles. The molecule has 0 aliphatic heterocycles. The van der Waals surface area contributed by atoms with Crippen molar-refractivity contribution < 1.29 is 9.90 Å². The van der Waals surface area contributed by atoms with E-state index in [1.807, 2.05) is 6.08 Å². The van der Waals surface area contributed by atoms with E-state index in [0.717, 1.165) is 19.3 Å². The summed E-state index contributed by atoms with van der Waals surface area (Å²) in [7, 11) is 0. The van der Waals surface area contributed by atoms with Crippen LogP contribution < -0.4 is 0 Å². The summed E-state index contributed by atoms with van der Waals surface area (Å²) in [5.41, 5.74) is 0. The molecule has 64 valence electrons. The second kappa shape index (κ2) is 6.10. The van der Waals surface area contributed by atoms with E-state index in [1.54, 1.807) is 0 Å². The highest BCUT2D eigenvalue weighted by Crippen LogP contribution is 1.95. The Kier molecular flexibility index (Phi) is 5.75. The molecule has 0 amide bonds. The number of hydrogen-bond acceptors (Lipinski definition) is 2. The molecule has 2 nitrogen and oxygen atoms in total. The second-order valence-corrected chi connectivity index (χ2v) is 2.62. The summed E-state index contributed by atoms with van der Waals surface area (Å²) in [6.45, 7) is 3.58. The normalized spacial score (nSPS) is 13.7. The van der Waals surface area contributed by atoms with Crippen LogP contribution in [0, 0.1) is 0 Å². The van der Waals surface area contributed by atoms with E-state index >= 15 is 0 Å². The fourth-order valence-electron chi connectivity index (χ4n) is 0.661. The monoisotopic (exact) mass is 156 g/mol. The number of unbranched alkanes of at least 4 members (excludes halogenated alkanes) is 2. The largest absolute Gasteiger partial charge is 0.385 e. The van der Waals surface area contributed by atoms with Gasteiger partial charge in [0.25, 0.3) is 0 Å². The molecular weight excluding hydrogens is 140 g/mol. The molecule has 0 heterocycles. The number of aliphatic hydroxyl groups excluding tert-OH is 1. The Balaban J connectivity index is 3.49. The summed E-state index contributed by atoms with van der Waals surface area (Å²) in [4.78, 5) is 10.8. The molecule has 2 heteroatoms. The van der Waals surface area contributed by atoms with Gasteiger partial charge in [-0.1, -0.05) is 25.8 Å². The van der Waals surface area contributed by atoms with Crippen molar-refractivity contribution in [3.63, 3.8) is 0 Å². The van der Waals surface area contributed by atoms with Gasteiger partial charge in [0.05, 0.1) is 0 Å². The van der Waals surface area contributed by atoms with Crippen molar-refractivity contribution in [3.05, 3.63) is 12.2 Å². The highest BCUT2D eigenvalue weighted by Gasteiger charge is 2.02. The molecule has 0 saturated carbocycles. The Morgan fingerprint density at radius 1 is 1.64 bits per heavy atom. The number of aliphatic hydroxyl groups is 1. The quantitative estimate of drug-likeness (QED) is 0.485. The van der Waals surface area contributed by atoms with Crippen LogP contribution in [0.2, 0.25) is 0 Å². The minimum absolute atomic E-state index is 0.207. The van der Waals surface area contributed by atoms with Gasteiger partial charge in [-0.25, -0.2) is 0 Å². The van der Waals surface area contributed by atoms with E-state index in [-0.39, 0.29) is 5.78 Å². The van der Waals surface area contributed by atoms with Crippen LogP contribution in [0.5, 0.6) is 0 Å². The van der Waals surface area contributed by atoms with Crippen LogP contribution in [0.1, 0.15) is 33.1 Å². The lowest BCUT2D eigenvalue weighted by molar-refractivity contribution is -0.121. The fraction of sp³-hybridized carbons (Fsp3) is 0.667. The first-order valence-electron chi connectivity index (χ1n) is 4.07. The molecule has 0 saturated heterocycles. The van der Waals surface area contributed by atoms with Crippen molar-refractivity contribution in [2.24, 2.45) is 0 Å². The summed E-state index contributed by atoms with van der Waals surface area (Å²) in [6.07, 6.45) is 5.58. The number of hydrogen-bond donors (Lipinski definition) is 1. The molecule has 1 unspecified atom stereocenters. The maximum Gasteiger partial charge on any atom is 0.183 e. The molecule has 0 aromatic carbocycles. The zero-order chi connectivity index (χ0) is 8.69. The van der Waals surface area contributed by atoms with Gasteiger partial charge in [0.2, 0.25) is 0 Å². The SMILES string of the molecule is CCCC/C=C/C(=O)C(C)O. The molecule has 0 aliphatic rings. The van der Waals surface area contributed by atoms with Crippen LogP contribution in [0.25, 0.3) is 0 Å². The highest BCUT2D eigenvalue weighted by atomic mass is 16.3. The second-order valence-electron chi connectivity index (χ2n) is 2.62. The van der Waals surface area contributed by atoms with Gasteiger partial charge in [0, 0.05) is 0 Å². The third kappa shape index (κ3) is 5.80. The predicted octanol–water partition coefficient (Wildman–Crippen LogP) is 1.68. The van der Waals surface area contributed by atoms with Gasteiger partial charge >= 0.3 is 0 Å². The molecule has 0 radical (unpaired) electrons. The predicted molar refractivity (Wildman–Crippen MR) is 45.4 cm³/mol. The summed E-state index contributed by atoms with van der Waals surface area (Å²) < 4.78 is 0. The van der Waals surface area contributed by atoms with Crippen LogP contribution in [0.4, 0.5) is 0 Å². The third-order valence-electron chi connectivity index (χ3n) is 1.42. The zero-order valence-electron chi connectivity index (χ0n) is 7.21. The first-order valence-corrected chi connectivity index (χ1v) is 4.07. The highest BCUT2D eigenvalue weighted by molar-refractivity contribution is 5.92. The van der Waals surface area contributed by atoms with E-state index in [0.29, 0.717) is 0 Å². The van der Waals surface area contributed by atoms with Gasteiger partial charge in [-0.3, -0.25) is 4.79 Å². The zero-order valence-corrected chi connectivity index (χ0v) is 7.21. The Labute approximate surface area is 67.9 Å². The maximum absolute atomic E-state index is 10.8. The van der Waals surface area contributed by atoms with Crippen molar-refractivity contribution >= 4 is 5.78 Å². The van der Waals surface area contributed by atoms with E-state index in [2.05, 4.69) is 6.92 Å². The first kappa shape index (κ1) is 10.4. The fourth-order valence-corrected chi connectivity index (χ4v) is 0.661. The standard InChI is InChI=1S/C9H16O2/c1-3-4-5-6-7-9(11)8(2)10/h6-8,10H,3-5H2,1-2H3/b7-6+. The van der Waals surface area contributed by atoms with E-state index < -0.39 is 6.10 Å². The molecule has 0 bridgehead atoms. The lowest BCUT2D eigenvalue weighted by atomic mass is 10.2. The van der Waals surface area contributed by atoms with Crippen molar-refractivity contribution in [2.75, 3.05) is 0 Å². The van der Waals surface area contributed by atoms with E-state index in [4.69, 9.17) is 5.11 Å². The summed E-state index contributed by atoms with van der Waals surface area (Å²) in [5, 5.41) is 8.78. The van der Waals surface area contributed by atoms with Gasteiger partial charge in [-0.2, -0.15) is 0 Å². The molecule has 0 rings (SSSR count). The summed E-state index contributed by atoms with van der Waals surface area (Å²) in [5.74, 6) is -0.207. The Bertz CT molecular complexity index is 136. The minimum atomic E-state index is -0.854. The maximum atomic E-state index is 10.8. The van der Waals surface area contributed by atoms with Gasteiger partial charge in [0.1, 0.15) is 6.10 Å². The lowest BCUT2D eigenvalue weighted by Gasteiger charge is -1.95. The molecule has 0 spiro atoms. The number of allylic oxidation sites excluding steroid dienone is 1. The van der Waals surface area contributed by atoms with Gasteiger partial charge in [0.15, 0.2) is 5.78 Å². The van der Waals surface area contributed by atoms with E-state index in [9.17, 15) is 4.79 Å². The average molecular weight is 156 g/mol. The Morgan fingerprint density at radius 2 is 2.27 bits per heavy atom. The Hall–Kier alpha value is -0.630. The summed E-state index contributed by atoms with van der Waals surface area (Å²) >= 11 is 0. The van der Waals surface area contributed by atoms with Gasteiger partial charge in [-0.15, -0.1) is 0 Å². The minimum Gasteiger partial charge on any atom is -0.385 e.